The summed E-state index contributed by atoms with van der Waals surface area (Å²) in [6, 6.07) is 8.65. The average Bonchev–Trinajstić information content (AvgIpc) is 3.44. The van der Waals surface area contributed by atoms with Gasteiger partial charge in [0, 0.05) is 54.8 Å². The number of hydrogen-bond donors (Lipinski definition) is 3. The number of ether oxygens (including phenoxy) is 1. The molecule has 0 spiro atoms. The first-order valence-electron chi connectivity index (χ1n) is 14.6. The molecule has 1 saturated heterocycles. The molecule has 1 fully saturated rings. The quantitative estimate of drug-likeness (QED) is 0.235. The van der Waals surface area contributed by atoms with Crippen molar-refractivity contribution in [3.8, 4) is 17.0 Å². The Kier molecular flexibility index (Phi) is 9.20. The van der Waals surface area contributed by atoms with Crippen molar-refractivity contribution in [2.75, 3.05) is 45.7 Å². The van der Waals surface area contributed by atoms with E-state index in [0.29, 0.717) is 60.8 Å². The van der Waals surface area contributed by atoms with Gasteiger partial charge < -0.3 is 25.6 Å². The first kappa shape index (κ1) is 30.0. The van der Waals surface area contributed by atoms with E-state index >= 15 is 0 Å². The van der Waals surface area contributed by atoms with Gasteiger partial charge in [0.15, 0.2) is 23.0 Å². The van der Waals surface area contributed by atoms with Gasteiger partial charge >= 0.3 is 0 Å². The minimum absolute atomic E-state index is 0.0146. The van der Waals surface area contributed by atoms with E-state index in [1.807, 2.05) is 42.3 Å². The van der Waals surface area contributed by atoms with Crippen LogP contribution in [0.1, 0.15) is 40.7 Å². The van der Waals surface area contributed by atoms with E-state index in [0.717, 1.165) is 29.8 Å². The zero-order valence-corrected chi connectivity index (χ0v) is 25.0. The van der Waals surface area contributed by atoms with Crippen LogP contribution in [0.4, 0.5) is 15.9 Å². The van der Waals surface area contributed by atoms with Gasteiger partial charge in [-0.2, -0.15) is 0 Å². The summed E-state index contributed by atoms with van der Waals surface area (Å²) in [5.74, 6) is 0.266. The van der Waals surface area contributed by atoms with Crippen LogP contribution in [-0.2, 0) is 4.79 Å². The number of hydrogen-bond acceptors (Lipinski definition) is 7. The van der Waals surface area contributed by atoms with Crippen LogP contribution < -0.4 is 20.7 Å². The third-order valence-corrected chi connectivity index (χ3v) is 7.94. The second-order valence-electron chi connectivity index (χ2n) is 10.9. The van der Waals surface area contributed by atoms with Crippen molar-refractivity contribution >= 4 is 29.0 Å². The molecule has 2 amide bonds. The number of piperidine rings is 1. The number of aryl methyl sites for hydroxylation is 2. The number of benzene rings is 2. The summed E-state index contributed by atoms with van der Waals surface area (Å²) in [4.78, 5) is 37.0. The van der Waals surface area contributed by atoms with E-state index < -0.39 is 5.82 Å². The fourth-order valence-electron chi connectivity index (χ4n) is 5.68. The molecule has 0 radical (unpaired) electrons. The van der Waals surface area contributed by atoms with Crippen LogP contribution in [0.5, 0.6) is 5.75 Å². The van der Waals surface area contributed by atoms with Crippen molar-refractivity contribution in [1.82, 2.24) is 29.9 Å². The van der Waals surface area contributed by atoms with Crippen molar-refractivity contribution in [1.29, 1.82) is 0 Å². The number of nitrogens with zero attached hydrogens (tertiary/aromatic N) is 4. The predicted octanol–water partition coefficient (Wildman–Crippen LogP) is 4.48. The smallest absolute Gasteiger partial charge is 0.254 e. The highest BCUT2D eigenvalue weighted by atomic mass is 19.1. The highest BCUT2D eigenvalue weighted by Crippen LogP contribution is 2.30. The van der Waals surface area contributed by atoms with Crippen LogP contribution in [0.3, 0.4) is 0 Å². The van der Waals surface area contributed by atoms with E-state index in [4.69, 9.17) is 4.74 Å². The molecule has 3 N–H and O–H groups in total. The molecular weight excluding hydrogens is 549 g/mol. The molecule has 0 unspecified atom stereocenters. The van der Waals surface area contributed by atoms with Crippen LogP contribution in [-0.4, -0.2) is 71.4 Å². The molecule has 0 saturated carbocycles. The fourth-order valence-corrected chi connectivity index (χ4v) is 5.68. The van der Waals surface area contributed by atoms with Gasteiger partial charge in [-0.25, -0.2) is 14.4 Å². The number of likely N-dealkylation sites (tertiary alicyclic amines) is 1. The van der Waals surface area contributed by atoms with Crippen LogP contribution in [0, 0.1) is 25.6 Å². The number of fused-ring (bicyclic) bond motifs is 1. The van der Waals surface area contributed by atoms with Gasteiger partial charge in [0.25, 0.3) is 5.91 Å². The summed E-state index contributed by atoms with van der Waals surface area (Å²) in [7, 11) is 3.33. The standard InChI is InChI=1S/C32H38FN7O3/c1-20-16-24(17-21(2)28(20)32(42)39-13-8-22(9-14-39)31(41)36-11-5-10-34-3)38-29-30-37-19-26(40(30)15-12-35-29)23-6-7-27(43-4)25(33)18-23/h6-7,12,15-19,22,34H,5,8-11,13-14H2,1-4H3,(H,35,38)(H,36,41). The van der Waals surface area contributed by atoms with Crippen molar-refractivity contribution in [2.45, 2.75) is 33.1 Å². The SMILES string of the molecule is CNCCCNC(=O)C1CCN(C(=O)c2c(C)cc(Nc3nccn4c(-c5ccc(OC)c(F)c5)cnc34)cc2C)CC1. The molecule has 1 aliphatic rings. The summed E-state index contributed by atoms with van der Waals surface area (Å²) in [6.07, 6.45) is 7.32. The molecule has 11 heteroatoms. The van der Waals surface area contributed by atoms with Crippen LogP contribution >= 0.6 is 0 Å². The largest absolute Gasteiger partial charge is 0.494 e. The zero-order valence-electron chi connectivity index (χ0n) is 25.0. The highest BCUT2D eigenvalue weighted by molar-refractivity contribution is 5.98. The molecule has 226 valence electrons. The average molecular weight is 588 g/mol. The van der Waals surface area contributed by atoms with Gasteiger partial charge in [0.1, 0.15) is 0 Å². The maximum Gasteiger partial charge on any atom is 0.254 e. The Hall–Kier alpha value is -4.51. The number of nitrogens with one attached hydrogen (secondary N) is 3. The Bertz CT molecular complexity index is 1610. The number of halogens is 1. The van der Waals surface area contributed by atoms with Crippen molar-refractivity contribution in [2.24, 2.45) is 5.92 Å². The number of carbonyl (C=O) groups is 2. The summed E-state index contributed by atoms with van der Waals surface area (Å²) in [5.41, 5.74) is 5.11. The van der Waals surface area contributed by atoms with E-state index in [9.17, 15) is 14.0 Å². The number of carbonyl (C=O) groups excluding carboxylic acids is 2. The van der Waals surface area contributed by atoms with Gasteiger partial charge in [-0.15, -0.1) is 0 Å². The topological polar surface area (TPSA) is 113 Å². The normalized spacial score (nSPS) is 13.7. The summed E-state index contributed by atoms with van der Waals surface area (Å²) >= 11 is 0. The number of methoxy groups -OCH3 is 1. The maximum absolute atomic E-state index is 14.4. The van der Waals surface area contributed by atoms with Crippen molar-refractivity contribution < 1.29 is 18.7 Å². The van der Waals surface area contributed by atoms with Gasteiger partial charge in [-0.3, -0.25) is 14.0 Å². The number of anilines is 2. The molecule has 10 nitrogen and oxygen atoms in total. The van der Waals surface area contributed by atoms with Gasteiger partial charge in [-0.05, 0) is 88.2 Å². The van der Waals surface area contributed by atoms with Crippen LogP contribution in [0.25, 0.3) is 16.9 Å². The van der Waals surface area contributed by atoms with Crippen LogP contribution in [0.15, 0.2) is 48.9 Å². The molecular formula is C32H38FN7O3. The Morgan fingerprint density at radius 3 is 2.49 bits per heavy atom. The second kappa shape index (κ2) is 13.2. The Morgan fingerprint density at radius 1 is 1.07 bits per heavy atom. The molecule has 2 aromatic carbocycles. The predicted molar refractivity (Wildman–Crippen MR) is 164 cm³/mol. The number of imidazole rings is 1. The molecule has 3 heterocycles. The van der Waals surface area contributed by atoms with Gasteiger partial charge in [0.2, 0.25) is 5.91 Å². The summed E-state index contributed by atoms with van der Waals surface area (Å²) in [6.45, 7) is 6.49. The van der Waals surface area contributed by atoms with E-state index in [1.165, 1.54) is 13.2 Å². The first-order valence-corrected chi connectivity index (χ1v) is 14.6. The first-order chi connectivity index (χ1) is 20.8. The number of amides is 2. The molecule has 0 aliphatic carbocycles. The molecule has 43 heavy (non-hydrogen) atoms. The third-order valence-electron chi connectivity index (χ3n) is 7.94. The zero-order chi connectivity index (χ0) is 30.5. The summed E-state index contributed by atoms with van der Waals surface area (Å²) < 4.78 is 21.3. The maximum atomic E-state index is 14.4. The van der Waals surface area contributed by atoms with Crippen molar-refractivity contribution in [3.05, 3.63) is 71.4 Å². The monoisotopic (exact) mass is 587 g/mol. The molecule has 2 aromatic heterocycles. The van der Waals surface area contributed by atoms with Gasteiger partial charge in [0.05, 0.1) is 19.0 Å². The van der Waals surface area contributed by atoms with Crippen molar-refractivity contribution in [3.63, 3.8) is 0 Å². The van der Waals surface area contributed by atoms with E-state index in [-0.39, 0.29) is 23.5 Å². The molecule has 4 aromatic rings. The van der Waals surface area contributed by atoms with E-state index in [1.54, 1.807) is 30.7 Å². The minimum atomic E-state index is -0.450. The lowest BCUT2D eigenvalue weighted by Crippen LogP contribution is -2.43. The summed E-state index contributed by atoms with van der Waals surface area (Å²) in [5, 5.41) is 9.44. The third kappa shape index (κ3) is 6.46. The lowest BCUT2D eigenvalue weighted by Gasteiger charge is -2.32. The molecule has 0 bridgehead atoms. The van der Waals surface area contributed by atoms with Gasteiger partial charge in [-0.1, -0.05) is 0 Å². The minimum Gasteiger partial charge on any atom is -0.494 e. The molecule has 1 aliphatic heterocycles. The molecule has 5 rings (SSSR count). The highest BCUT2D eigenvalue weighted by Gasteiger charge is 2.29. The van der Waals surface area contributed by atoms with Crippen LogP contribution in [0.2, 0.25) is 0 Å². The Morgan fingerprint density at radius 2 is 1.81 bits per heavy atom. The Labute approximate surface area is 250 Å². The lowest BCUT2D eigenvalue weighted by atomic mass is 9.94. The fraction of sp³-hybridized carbons (Fsp3) is 0.375. The lowest BCUT2D eigenvalue weighted by molar-refractivity contribution is -0.126. The number of rotatable bonds is 10. The molecule has 0 atom stereocenters. The number of aromatic nitrogens is 3. The van der Waals surface area contributed by atoms with E-state index in [2.05, 4.69) is 25.9 Å². The Balaban J connectivity index is 1.28. The second-order valence-corrected chi connectivity index (χ2v) is 10.9.